The molecule has 68 heavy (non-hydrogen) atoms. The van der Waals surface area contributed by atoms with Gasteiger partial charge in [0.2, 0.25) is 0 Å². The Hall–Kier alpha value is -8.99. The summed E-state index contributed by atoms with van der Waals surface area (Å²) in [5.74, 6) is 1.80. The van der Waals surface area contributed by atoms with Crippen LogP contribution in [0.15, 0.2) is 253 Å². The number of rotatable bonds is 8. The third kappa shape index (κ3) is 6.41. The van der Waals surface area contributed by atoms with Crippen LogP contribution in [0.3, 0.4) is 0 Å². The van der Waals surface area contributed by atoms with Crippen LogP contribution in [-0.4, -0.2) is 15.0 Å². The number of hydrogen-bond donors (Lipinski definition) is 0. The van der Waals surface area contributed by atoms with E-state index in [1.807, 2.05) is 54.6 Å². The highest BCUT2D eigenvalue weighted by molar-refractivity contribution is 6.13. The summed E-state index contributed by atoms with van der Waals surface area (Å²) < 4.78 is 6.56. The molecule has 4 nitrogen and oxygen atoms in total. The van der Waals surface area contributed by atoms with Gasteiger partial charge in [-0.25, -0.2) is 15.0 Å². The van der Waals surface area contributed by atoms with E-state index in [1.54, 1.807) is 0 Å². The molecule has 0 saturated heterocycles. The van der Waals surface area contributed by atoms with Crippen molar-refractivity contribution in [1.82, 2.24) is 15.0 Å². The van der Waals surface area contributed by atoms with Crippen molar-refractivity contribution >= 4 is 21.9 Å². The highest BCUT2D eigenvalue weighted by Crippen LogP contribution is 2.56. The lowest BCUT2D eigenvalue weighted by atomic mass is 9.67. The van der Waals surface area contributed by atoms with Crippen LogP contribution in [0.1, 0.15) is 22.3 Å². The maximum Gasteiger partial charge on any atom is 0.164 e. The molecule has 0 amide bonds. The fraction of sp³-hybridized carbons (Fsp3) is 0.0156. The third-order valence-corrected chi connectivity index (χ3v) is 13.7. The normalized spacial score (nSPS) is 12.5. The fourth-order valence-corrected chi connectivity index (χ4v) is 10.6. The van der Waals surface area contributed by atoms with Gasteiger partial charge in [-0.1, -0.05) is 224 Å². The van der Waals surface area contributed by atoms with E-state index in [0.29, 0.717) is 17.5 Å². The molecule has 0 fully saturated rings. The van der Waals surface area contributed by atoms with Gasteiger partial charge in [-0.05, 0) is 91.0 Å². The Kier molecular flexibility index (Phi) is 9.36. The smallest absolute Gasteiger partial charge is 0.164 e. The zero-order valence-electron chi connectivity index (χ0n) is 36.9. The van der Waals surface area contributed by atoms with Gasteiger partial charge in [0.15, 0.2) is 17.5 Å². The van der Waals surface area contributed by atoms with Gasteiger partial charge < -0.3 is 4.42 Å². The van der Waals surface area contributed by atoms with Gasteiger partial charge in [-0.2, -0.15) is 0 Å². The predicted molar refractivity (Wildman–Crippen MR) is 277 cm³/mol. The Bertz CT molecular complexity index is 3790. The van der Waals surface area contributed by atoms with Crippen LogP contribution in [0.25, 0.3) is 101 Å². The molecule has 2 aromatic heterocycles. The van der Waals surface area contributed by atoms with Crippen molar-refractivity contribution in [2.45, 2.75) is 5.41 Å². The van der Waals surface area contributed by atoms with Crippen molar-refractivity contribution in [3.63, 3.8) is 0 Å². The minimum Gasteiger partial charge on any atom is -0.456 e. The number of hydrogen-bond acceptors (Lipinski definition) is 4. The fourth-order valence-electron chi connectivity index (χ4n) is 10.6. The van der Waals surface area contributed by atoms with Gasteiger partial charge in [0, 0.05) is 27.5 Å². The first-order valence-corrected chi connectivity index (χ1v) is 23.1. The first kappa shape index (κ1) is 39.4. The average molecular weight is 868 g/mol. The summed E-state index contributed by atoms with van der Waals surface area (Å²) in [7, 11) is 0. The summed E-state index contributed by atoms with van der Waals surface area (Å²) in [6.45, 7) is 0. The van der Waals surface area contributed by atoms with Crippen LogP contribution in [0.4, 0.5) is 0 Å². The molecule has 13 rings (SSSR count). The molecule has 318 valence electrons. The van der Waals surface area contributed by atoms with Crippen LogP contribution in [0.5, 0.6) is 0 Å². The van der Waals surface area contributed by atoms with E-state index in [2.05, 4.69) is 194 Å². The lowest BCUT2D eigenvalue weighted by Gasteiger charge is -2.34. The Labute approximate surface area is 394 Å². The number of fused-ring (bicyclic) bond motifs is 6. The quantitative estimate of drug-likeness (QED) is 0.153. The monoisotopic (exact) mass is 867 g/mol. The first-order valence-electron chi connectivity index (χ1n) is 23.1. The van der Waals surface area contributed by atoms with E-state index >= 15 is 0 Å². The van der Waals surface area contributed by atoms with Crippen molar-refractivity contribution in [2.24, 2.45) is 0 Å². The van der Waals surface area contributed by atoms with E-state index in [-0.39, 0.29) is 0 Å². The predicted octanol–water partition coefficient (Wildman–Crippen LogP) is 16.1. The summed E-state index contributed by atoms with van der Waals surface area (Å²) in [6.07, 6.45) is 0. The molecule has 0 atom stereocenters. The molecular formula is C64H41N3O. The van der Waals surface area contributed by atoms with E-state index in [9.17, 15) is 0 Å². The number of benzene rings is 10. The molecule has 0 aliphatic heterocycles. The molecule has 0 unspecified atom stereocenters. The second kappa shape index (κ2) is 16.2. The maximum absolute atomic E-state index is 6.56. The molecule has 1 aliphatic carbocycles. The Morgan fingerprint density at radius 3 is 1.44 bits per heavy atom. The van der Waals surface area contributed by atoms with Gasteiger partial charge in [0.25, 0.3) is 0 Å². The molecule has 0 bridgehead atoms. The Balaban J connectivity index is 0.911. The SMILES string of the molecule is c1ccc(-c2nc(-c3ccccc3-c3ccccc3)nc(-c3cccc4oc5ccc(-c6ccc(-c7ccc8c(c7)C(c7ccccc7)(c7ccccc7)c7ccccc7-8)cc6)cc5c34)n2)cc1. The van der Waals surface area contributed by atoms with Gasteiger partial charge in [-0.3, -0.25) is 0 Å². The molecular weight excluding hydrogens is 827 g/mol. The molecule has 1 aliphatic rings. The molecule has 10 aromatic carbocycles. The van der Waals surface area contributed by atoms with Crippen LogP contribution >= 0.6 is 0 Å². The van der Waals surface area contributed by atoms with Crippen molar-refractivity contribution in [3.05, 3.63) is 271 Å². The minimum absolute atomic E-state index is 0.454. The molecule has 4 heteroatoms. The summed E-state index contributed by atoms with van der Waals surface area (Å²) in [4.78, 5) is 15.5. The van der Waals surface area contributed by atoms with Crippen LogP contribution < -0.4 is 0 Å². The van der Waals surface area contributed by atoms with Crippen molar-refractivity contribution in [1.29, 1.82) is 0 Å². The summed E-state index contributed by atoms with van der Waals surface area (Å²) in [5, 5.41) is 1.97. The zero-order chi connectivity index (χ0) is 45.0. The summed E-state index contributed by atoms with van der Waals surface area (Å²) in [6, 6.07) is 88.3. The number of aromatic nitrogens is 3. The minimum atomic E-state index is -0.454. The molecule has 12 aromatic rings. The lowest BCUT2D eigenvalue weighted by molar-refractivity contribution is 0.669. The van der Waals surface area contributed by atoms with Gasteiger partial charge >= 0.3 is 0 Å². The lowest BCUT2D eigenvalue weighted by Crippen LogP contribution is -2.28. The number of nitrogens with zero attached hydrogens (tertiary/aromatic N) is 3. The highest BCUT2D eigenvalue weighted by atomic mass is 16.3. The molecule has 0 saturated carbocycles. The molecule has 0 N–H and O–H groups in total. The Morgan fingerprint density at radius 2 is 0.765 bits per heavy atom. The van der Waals surface area contributed by atoms with Crippen molar-refractivity contribution in [3.8, 4) is 78.7 Å². The zero-order valence-corrected chi connectivity index (χ0v) is 36.9. The third-order valence-electron chi connectivity index (χ3n) is 13.7. The van der Waals surface area contributed by atoms with Gasteiger partial charge in [0.1, 0.15) is 11.2 Å². The van der Waals surface area contributed by atoms with E-state index in [4.69, 9.17) is 19.4 Å². The van der Waals surface area contributed by atoms with Crippen LogP contribution in [-0.2, 0) is 5.41 Å². The topological polar surface area (TPSA) is 51.8 Å². The maximum atomic E-state index is 6.56. The largest absolute Gasteiger partial charge is 0.456 e. The molecule has 0 spiro atoms. The number of furan rings is 1. The van der Waals surface area contributed by atoms with E-state index < -0.39 is 5.41 Å². The van der Waals surface area contributed by atoms with Crippen LogP contribution in [0.2, 0.25) is 0 Å². The van der Waals surface area contributed by atoms with Gasteiger partial charge in [-0.15, -0.1) is 0 Å². The summed E-state index contributed by atoms with van der Waals surface area (Å²) in [5.41, 5.74) is 18.3. The average Bonchev–Trinajstić information content (AvgIpc) is 3.95. The van der Waals surface area contributed by atoms with Crippen molar-refractivity contribution in [2.75, 3.05) is 0 Å². The van der Waals surface area contributed by atoms with Crippen LogP contribution in [0, 0.1) is 0 Å². The van der Waals surface area contributed by atoms with Crippen molar-refractivity contribution < 1.29 is 4.42 Å². The van der Waals surface area contributed by atoms with E-state index in [1.165, 1.54) is 38.9 Å². The highest BCUT2D eigenvalue weighted by Gasteiger charge is 2.46. The summed E-state index contributed by atoms with van der Waals surface area (Å²) >= 11 is 0. The standard InChI is InChI=1S/C64H41N3O/c1-5-18-44(19-6-1)50-26-13-14-28-53(50)62-65-61(45-20-7-2-8-21-45)66-63(67-62)54-29-17-31-59-60(54)55-40-46(37-39-58(55)68-59)42-32-34-43(35-33-42)47-36-38-52-51-27-15-16-30-56(51)64(57(52)41-47,48-22-9-3-10-23-48)49-24-11-4-12-25-49/h1-41H. The first-order chi connectivity index (χ1) is 33.7. The second-order valence-electron chi connectivity index (χ2n) is 17.4. The molecule has 2 heterocycles. The Morgan fingerprint density at radius 1 is 0.279 bits per heavy atom. The van der Waals surface area contributed by atoms with E-state index in [0.717, 1.165) is 66.4 Å². The second-order valence-corrected chi connectivity index (χ2v) is 17.4. The molecule has 0 radical (unpaired) electrons. The van der Waals surface area contributed by atoms with Gasteiger partial charge in [0.05, 0.1) is 5.41 Å².